The van der Waals surface area contributed by atoms with Gasteiger partial charge in [-0.05, 0) is 48.1 Å². The highest BCUT2D eigenvalue weighted by molar-refractivity contribution is 7.89. The van der Waals surface area contributed by atoms with Gasteiger partial charge in [0, 0.05) is 18.5 Å². The van der Waals surface area contributed by atoms with Gasteiger partial charge < -0.3 is 9.64 Å². The number of sulfonamides is 1. The highest BCUT2D eigenvalue weighted by Crippen LogP contribution is 2.36. The monoisotopic (exact) mass is 542 g/mol. The molecule has 1 aliphatic heterocycles. The summed E-state index contributed by atoms with van der Waals surface area (Å²) in [6, 6.07) is 28.6. The van der Waals surface area contributed by atoms with Crippen LogP contribution in [0.5, 0.6) is 0 Å². The number of hydrogen-bond acceptors (Lipinski definition) is 5. The number of benzene rings is 4. The number of nitrogens with zero attached hydrogens (tertiary/aromatic N) is 2. The molecular formula is C31H30N2O5S. The molecule has 0 radical (unpaired) electrons. The predicted octanol–water partition coefficient (Wildman–Crippen LogP) is 5.11. The van der Waals surface area contributed by atoms with Gasteiger partial charge in [0.25, 0.3) is 5.91 Å². The maximum Gasteiger partial charge on any atom is 0.308 e. The molecule has 1 atom stereocenters. The van der Waals surface area contributed by atoms with E-state index in [0.717, 1.165) is 27.6 Å². The molecule has 8 heteroatoms. The van der Waals surface area contributed by atoms with E-state index in [1.807, 2.05) is 73.7 Å². The lowest BCUT2D eigenvalue weighted by Gasteiger charge is -2.36. The topological polar surface area (TPSA) is 84.0 Å². The summed E-state index contributed by atoms with van der Waals surface area (Å²) in [5.41, 5.74) is 2.52. The Hall–Kier alpha value is -4.01. The van der Waals surface area contributed by atoms with Crippen LogP contribution in [0.3, 0.4) is 0 Å². The number of amides is 1. The summed E-state index contributed by atoms with van der Waals surface area (Å²) in [6.07, 6.45) is 0.347. The molecule has 0 unspecified atom stereocenters. The van der Waals surface area contributed by atoms with Crippen molar-refractivity contribution < 1.29 is 22.7 Å². The van der Waals surface area contributed by atoms with Gasteiger partial charge in [0.15, 0.2) is 6.61 Å². The number of likely N-dealkylation sites (N-methyl/N-ethyl adjacent to an activating group) is 1. The Morgan fingerprint density at radius 1 is 0.897 bits per heavy atom. The lowest BCUT2D eigenvalue weighted by Crippen LogP contribution is -2.41. The molecule has 5 rings (SSSR count). The Bertz CT molecular complexity index is 1600. The van der Waals surface area contributed by atoms with Crippen LogP contribution in [0.15, 0.2) is 102 Å². The number of carbonyl (C=O) groups is 2. The molecule has 4 aromatic rings. The summed E-state index contributed by atoms with van der Waals surface area (Å²) >= 11 is 0. The van der Waals surface area contributed by atoms with E-state index in [9.17, 15) is 18.0 Å². The summed E-state index contributed by atoms with van der Waals surface area (Å²) < 4.78 is 34.0. The van der Waals surface area contributed by atoms with Crippen molar-refractivity contribution in [3.63, 3.8) is 0 Å². The SMILES string of the molecule is CCN(C(=O)COC(=O)C[C@H]1c2ccccc2CCN1S(=O)(=O)c1ccccc1)c1cccc2ccccc12. The Labute approximate surface area is 228 Å². The highest BCUT2D eigenvalue weighted by atomic mass is 32.2. The quantitative estimate of drug-likeness (QED) is 0.289. The van der Waals surface area contributed by atoms with Crippen molar-refractivity contribution in [2.24, 2.45) is 0 Å². The van der Waals surface area contributed by atoms with Crippen molar-refractivity contribution in [1.29, 1.82) is 0 Å². The first-order valence-corrected chi connectivity index (χ1v) is 14.4. The average molecular weight is 543 g/mol. The summed E-state index contributed by atoms with van der Waals surface area (Å²) in [4.78, 5) is 28.0. The van der Waals surface area contributed by atoms with Gasteiger partial charge >= 0.3 is 5.97 Å². The third-order valence-corrected chi connectivity index (χ3v) is 9.03. The summed E-state index contributed by atoms with van der Waals surface area (Å²) in [5, 5.41) is 1.94. The summed E-state index contributed by atoms with van der Waals surface area (Å²) in [7, 11) is -3.85. The zero-order chi connectivity index (χ0) is 27.4. The van der Waals surface area contributed by atoms with Gasteiger partial charge in [-0.3, -0.25) is 9.59 Å². The number of fused-ring (bicyclic) bond motifs is 2. The largest absolute Gasteiger partial charge is 0.455 e. The maximum atomic E-state index is 13.6. The van der Waals surface area contributed by atoms with Crippen molar-refractivity contribution in [2.45, 2.75) is 30.7 Å². The van der Waals surface area contributed by atoms with Crippen molar-refractivity contribution in [2.75, 3.05) is 24.6 Å². The van der Waals surface area contributed by atoms with E-state index in [-0.39, 0.29) is 23.8 Å². The fourth-order valence-corrected chi connectivity index (χ4v) is 6.84. The van der Waals surface area contributed by atoms with Crippen LogP contribution >= 0.6 is 0 Å². The lowest BCUT2D eigenvalue weighted by atomic mass is 9.92. The van der Waals surface area contributed by atoms with E-state index in [1.165, 1.54) is 4.31 Å². The molecule has 0 fully saturated rings. The normalized spacial score (nSPS) is 15.5. The molecule has 4 aromatic carbocycles. The third-order valence-electron chi connectivity index (χ3n) is 7.10. The molecular weight excluding hydrogens is 512 g/mol. The molecule has 0 N–H and O–H groups in total. The van der Waals surface area contributed by atoms with Crippen molar-refractivity contribution in [1.82, 2.24) is 4.31 Å². The predicted molar refractivity (Wildman–Crippen MR) is 151 cm³/mol. The van der Waals surface area contributed by atoms with E-state index in [2.05, 4.69) is 0 Å². The molecule has 1 amide bonds. The molecule has 0 spiro atoms. The number of hydrogen-bond donors (Lipinski definition) is 0. The molecule has 0 bridgehead atoms. The number of rotatable bonds is 8. The molecule has 0 saturated carbocycles. The first-order chi connectivity index (χ1) is 18.9. The Kier molecular flexibility index (Phi) is 7.77. The minimum Gasteiger partial charge on any atom is -0.455 e. The van der Waals surface area contributed by atoms with Crippen LogP contribution in [-0.2, 0) is 30.8 Å². The number of carbonyl (C=O) groups excluding carboxylic acids is 2. The lowest BCUT2D eigenvalue weighted by molar-refractivity contribution is -0.148. The van der Waals surface area contributed by atoms with Gasteiger partial charge in [0.1, 0.15) is 0 Å². The Balaban J connectivity index is 1.34. The maximum absolute atomic E-state index is 13.6. The zero-order valence-corrected chi connectivity index (χ0v) is 22.5. The number of esters is 1. The fraction of sp³-hybridized carbons (Fsp3) is 0.226. The second-order valence-electron chi connectivity index (χ2n) is 9.39. The van der Waals surface area contributed by atoms with E-state index >= 15 is 0 Å². The van der Waals surface area contributed by atoms with Crippen LogP contribution in [-0.4, -0.2) is 44.3 Å². The first kappa shape index (κ1) is 26.6. The zero-order valence-electron chi connectivity index (χ0n) is 21.7. The van der Waals surface area contributed by atoms with Gasteiger partial charge in [-0.2, -0.15) is 4.31 Å². The van der Waals surface area contributed by atoms with Crippen LogP contribution < -0.4 is 4.90 Å². The van der Waals surface area contributed by atoms with E-state index in [4.69, 9.17) is 4.74 Å². The van der Waals surface area contributed by atoms with Crippen LogP contribution in [0.2, 0.25) is 0 Å². The van der Waals surface area contributed by atoms with E-state index in [1.54, 1.807) is 35.2 Å². The molecule has 200 valence electrons. The van der Waals surface area contributed by atoms with Crippen LogP contribution in [0, 0.1) is 0 Å². The van der Waals surface area contributed by atoms with E-state index in [0.29, 0.717) is 13.0 Å². The molecule has 39 heavy (non-hydrogen) atoms. The molecule has 1 heterocycles. The second-order valence-corrected chi connectivity index (χ2v) is 11.3. The Morgan fingerprint density at radius 3 is 2.38 bits per heavy atom. The van der Waals surface area contributed by atoms with Gasteiger partial charge in [-0.15, -0.1) is 0 Å². The number of anilines is 1. The van der Waals surface area contributed by atoms with Gasteiger partial charge in [0.05, 0.1) is 23.0 Å². The molecule has 7 nitrogen and oxygen atoms in total. The standard InChI is InChI=1S/C31H30N2O5S/c1-2-32(28-18-10-13-23-11-6-8-16-26(23)28)30(34)22-38-31(35)21-29-27-17-9-7-12-24(27)19-20-33(29)39(36,37)25-14-4-3-5-15-25/h3-18,29H,2,19-22H2,1H3/t29-/m0/s1. The Morgan fingerprint density at radius 2 is 1.59 bits per heavy atom. The fourth-order valence-electron chi connectivity index (χ4n) is 5.22. The van der Waals surface area contributed by atoms with Crippen molar-refractivity contribution >= 4 is 38.4 Å². The summed E-state index contributed by atoms with van der Waals surface area (Å²) in [6.45, 7) is 2.09. The molecule has 0 aromatic heterocycles. The van der Waals surface area contributed by atoms with Gasteiger partial charge in [0.2, 0.25) is 10.0 Å². The van der Waals surface area contributed by atoms with Gasteiger partial charge in [-0.25, -0.2) is 8.42 Å². The minimum atomic E-state index is -3.85. The second kappa shape index (κ2) is 11.4. The van der Waals surface area contributed by atoms with Crippen LogP contribution in [0.25, 0.3) is 10.8 Å². The number of ether oxygens (including phenoxy) is 1. The first-order valence-electron chi connectivity index (χ1n) is 13.0. The minimum absolute atomic E-state index is 0.173. The van der Waals surface area contributed by atoms with Gasteiger partial charge in [-0.1, -0.05) is 78.9 Å². The summed E-state index contributed by atoms with van der Waals surface area (Å²) in [5.74, 6) is -0.979. The van der Waals surface area contributed by atoms with Crippen molar-refractivity contribution in [3.8, 4) is 0 Å². The van der Waals surface area contributed by atoms with Crippen LogP contribution in [0.4, 0.5) is 5.69 Å². The molecule has 0 aliphatic carbocycles. The smallest absolute Gasteiger partial charge is 0.308 e. The molecule has 1 aliphatic rings. The average Bonchev–Trinajstić information content (AvgIpc) is 2.97. The van der Waals surface area contributed by atoms with E-state index < -0.39 is 28.6 Å². The third kappa shape index (κ3) is 5.44. The van der Waals surface area contributed by atoms with Crippen LogP contribution in [0.1, 0.15) is 30.5 Å². The molecule has 0 saturated heterocycles. The van der Waals surface area contributed by atoms with Crippen molar-refractivity contribution in [3.05, 3.63) is 108 Å². The highest BCUT2D eigenvalue weighted by Gasteiger charge is 2.38.